The third kappa shape index (κ3) is 3.12. The van der Waals surface area contributed by atoms with E-state index in [1.807, 2.05) is 60.7 Å². The molecular weight excluding hydrogens is 328 g/mol. The SMILES string of the molecule is NCc1cc(C(=O)N[C@@H](c2ccccc2)c2cc3ccccc3o2)co1. The third-order valence-corrected chi connectivity index (χ3v) is 4.25. The zero-order chi connectivity index (χ0) is 17.9. The Bertz CT molecular complexity index is 1000. The maximum Gasteiger partial charge on any atom is 0.255 e. The Morgan fingerprint density at radius 3 is 2.54 bits per heavy atom. The van der Waals surface area contributed by atoms with Crippen LogP contribution in [0.3, 0.4) is 0 Å². The van der Waals surface area contributed by atoms with Gasteiger partial charge in [0.15, 0.2) is 0 Å². The zero-order valence-corrected chi connectivity index (χ0v) is 14.0. The number of hydrogen-bond donors (Lipinski definition) is 2. The smallest absolute Gasteiger partial charge is 0.255 e. The van der Waals surface area contributed by atoms with Gasteiger partial charge in [-0.05, 0) is 23.8 Å². The van der Waals surface area contributed by atoms with Crippen LogP contribution in [0.1, 0.15) is 33.5 Å². The van der Waals surface area contributed by atoms with Gasteiger partial charge in [-0.2, -0.15) is 0 Å². The number of carbonyl (C=O) groups is 1. The van der Waals surface area contributed by atoms with Crippen LogP contribution in [-0.2, 0) is 6.54 Å². The number of nitrogens with two attached hydrogens (primary N) is 1. The summed E-state index contributed by atoms with van der Waals surface area (Å²) in [6.07, 6.45) is 1.41. The lowest BCUT2D eigenvalue weighted by molar-refractivity contribution is 0.0938. The van der Waals surface area contributed by atoms with Crippen molar-refractivity contribution in [3.05, 3.63) is 95.6 Å². The summed E-state index contributed by atoms with van der Waals surface area (Å²) in [6, 6.07) is 20.7. The first kappa shape index (κ1) is 16.2. The van der Waals surface area contributed by atoms with Crippen molar-refractivity contribution in [2.24, 2.45) is 5.73 Å². The van der Waals surface area contributed by atoms with Gasteiger partial charge in [0, 0.05) is 5.39 Å². The summed E-state index contributed by atoms with van der Waals surface area (Å²) in [4.78, 5) is 12.7. The lowest BCUT2D eigenvalue weighted by Gasteiger charge is -2.16. The van der Waals surface area contributed by atoms with E-state index in [0.29, 0.717) is 17.1 Å². The fourth-order valence-corrected chi connectivity index (χ4v) is 2.93. The van der Waals surface area contributed by atoms with Crippen LogP contribution in [0.25, 0.3) is 11.0 Å². The minimum Gasteiger partial charge on any atom is -0.467 e. The van der Waals surface area contributed by atoms with Gasteiger partial charge < -0.3 is 19.9 Å². The highest BCUT2D eigenvalue weighted by Gasteiger charge is 2.22. The predicted octanol–water partition coefficient (Wildman–Crippen LogP) is 4.00. The van der Waals surface area contributed by atoms with Crippen LogP contribution in [0.15, 0.2) is 81.8 Å². The number of nitrogens with one attached hydrogen (secondary N) is 1. The van der Waals surface area contributed by atoms with Crippen LogP contribution in [-0.4, -0.2) is 5.91 Å². The van der Waals surface area contributed by atoms with E-state index in [-0.39, 0.29) is 12.5 Å². The molecule has 4 rings (SSSR count). The Kier molecular flexibility index (Phi) is 4.29. The van der Waals surface area contributed by atoms with Crippen molar-refractivity contribution < 1.29 is 13.6 Å². The minimum absolute atomic E-state index is 0.247. The molecular formula is C21H18N2O3. The second-order valence-corrected chi connectivity index (χ2v) is 6.01. The minimum atomic E-state index is -0.410. The maximum atomic E-state index is 12.7. The average Bonchev–Trinajstić information content (AvgIpc) is 3.33. The monoisotopic (exact) mass is 346 g/mol. The van der Waals surface area contributed by atoms with Gasteiger partial charge in [0.25, 0.3) is 5.91 Å². The number of furan rings is 2. The first-order chi connectivity index (χ1) is 12.7. The second-order valence-electron chi connectivity index (χ2n) is 6.01. The van der Waals surface area contributed by atoms with E-state index in [2.05, 4.69) is 5.32 Å². The summed E-state index contributed by atoms with van der Waals surface area (Å²) in [7, 11) is 0. The Labute approximate surface area is 150 Å². The number of hydrogen-bond acceptors (Lipinski definition) is 4. The van der Waals surface area contributed by atoms with E-state index < -0.39 is 6.04 Å². The molecule has 0 radical (unpaired) electrons. The first-order valence-electron chi connectivity index (χ1n) is 8.36. The van der Waals surface area contributed by atoms with Gasteiger partial charge in [-0.25, -0.2) is 0 Å². The van der Waals surface area contributed by atoms with Crippen molar-refractivity contribution in [1.82, 2.24) is 5.32 Å². The van der Waals surface area contributed by atoms with Crippen molar-refractivity contribution in [3.63, 3.8) is 0 Å². The molecule has 5 nitrogen and oxygen atoms in total. The van der Waals surface area contributed by atoms with E-state index in [1.165, 1.54) is 6.26 Å². The molecule has 0 aliphatic heterocycles. The third-order valence-electron chi connectivity index (χ3n) is 4.25. The lowest BCUT2D eigenvalue weighted by atomic mass is 10.0. The Hall–Kier alpha value is -3.31. The molecule has 0 unspecified atom stereocenters. The largest absolute Gasteiger partial charge is 0.467 e. The molecule has 2 heterocycles. The summed E-state index contributed by atoms with van der Waals surface area (Å²) in [5.74, 6) is 0.992. The van der Waals surface area contributed by atoms with E-state index >= 15 is 0 Å². The van der Waals surface area contributed by atoms with Crippen molar-refractivity contribution >= 4 is 16.9 Å². The van der Waals surface area contributed by atoms with Gasteiger partial charge in [-0.15, -0.1) is 0 Å². The van der Waals surface area contributed by atoms with Crippen LogP contribution < -0.4 is 11.1 Å². The van der Waals surface area contributed by atoms with Gasteiger partial charge in [0.1, 0.15) is 29.4 Å². The standard InChI is InChI=1S/C21H18N2O3/c22-12-17-10-16(13-25-17)21(24)23-20(14-6-2-1-3-7-14)19-11-15-8-4-5-9-18(15)26-19/h1-11,13,20H,12,22H2,(H,23,24)/t20-/m0/s1. The molecule has 1 amide bonds. The summed E-state index contributed by atoms with van der Waals surface area (Å²) in [5, 5.41) is 4.02. The highest BCUT2D eigenvalue weighted by atomic mass is 16.3. The molecule has 0 aliphatic rings. The van der Waals surface area contributed by atoms with Crippen LogP contribution in [0.4, 0.5) is 0 Å². The number of fused-ring (bicyclic) bond motifs is 1. The number of benzene rings is 2. The summed E-state index contributed by atoms with van der Waals surface area (Å²) in [5.41, 5.74) is 7.70. The van der Waals surface area contributed by atoms with Crippen LogP contribution in [0, 0.1) is 0 Å². The molecule has 3 N–H and O–H groups in total. The number of rotatable bonds is 5. The molecule has 130 valence electrons. The van der Waals surface area contributed by atoms with Gasteiger partial charge >= 0.3 is 0 Å². The predicted molar refractivity (Wildman–Crippen MR) is 98.6 cm³/mol. The maximum absolute atomic E-state index is 12.7. The molecule has 2 aromatic carbocycles. The first-order valence-corrected chi connectivity index (χ1v) is 8.36. The molecule has 1 atom stereocenters. The summed E-state index contributed by atoms with van der Waals surface area (Å²) in [6.45, 7) is 0.249. The topological polar surface area (TPSA) is 81.4 Å². The number of para-hydroxylation sites is 1. The number of amides is 1. The van der Waals surface area contributed by atoms with Crippen LogP contribution in [0.2, 0.25) is 0 Å². The van der Waals surface area contributed by atoms with Gasteiger partial charge in [0.2, 0.25) is 0 Å². The van der Waals surface area contributed by atoms with E-state index in [4.69, 9.17) is 14.6 Å². The summed E-state index contributed by atoms with van der Waals surface area (Å²) < 4.78 is 11.3. The lowest BCUT2D eigenvalue weighted by Crippen LogP contribution is -2.28. The van der Waals surface area contributed by atoms with Gasteiger partial charge in [-0.1, -0.05) is 48.5 Å². The Morgan fingerprint density at radius 1 is 1.04 bits per heavy atom. The van der Waals surface area contributed by atoms with E-state index in [9.17, 15) is 4.79 Å². The molecule has 5 heteroatoms. The molecule has 0 fully saturated rings. The Morgan fingerprint density at radius 2 is 1.81 bits per heavy atom. The highest BCUT2D eigenvalue weighted by Crippen LogP contribution is 2.28. The molecule has 0 saturated heterocycles. The van der Waals surface area contributed by atoms with E-state index in [1.54, 1.807) is 6.07 Å². The molecule has 0 spiro atoms. The number of carbonyl (C=O) groups excluding carboxylic acids is 1. The average molecular weight is 346 g/mol. The molecule has 0 aliphatic carbocycles. The molecule has 0 bridgehead atoms. The Balaban J connectivity index is 1.70. The fraction of sp³-hybridized carbons (Fsp3) is 0.0952. The van der Waals surface area contributed by atoms with Gasteiger partial charge in [0.05, 0.1) is 12.1 Å². The molecule has 4 aromatic rings. The van der Waals surface area contributed by atoms with Crippen LogP contribution >= 0.6 is 0 Å². The quantitative estimate of drug-likeness (QED) is 0.572. The molecule has 26 heavy (non-hydrogen) atoms. The second kappa shape index (κ2) is 6.90. The van der Waals surface area contributed by atoms with Crippen molar-refractivity contribution in [1.29, 1.82) is 0 Å². The zero-order valence-electron chi connectivity index (χ0n) is 14.0. The van der Waals surface area contributed by atoms with Crippen molar-refractivity contribution in [2.75, 3.05) is 0 Å². The fourth-order valence-electron chi connectivity index (χ4n) is 2.93. The van der Waals surface area contributed by atoms with Gasteiger partial charge in [-0.3, -0.25) is 4.79 Å². The summed E-state index contributed by atoms with van der Waals surface area (Å²) >= 11 is 0. The highest BCUT2D eigenvalue weighted by molar-refractivity contribution is 5.94. The normalized spacial score (nSPS) is 12.2. The van der Waals surface area contributed by atoms with E-state index in [0.717, 1.165) is 16.5 Å². The van der Waals surface area contributed by atoms with Crippen LogP contribution in [0.5, 0.6) is 0 Å². The van der Waals surface area contributed by atoms with Crippen molar-refractivity contribution in [2.45, 2.75) is 12.6 Å². The van der Waals surface area contributed by atoms with Crippen molar-refractivity contribution in [3.8, 4) is 0 Å². The molecule has 2 aromatic heterocycles. The molecule has 0 saturated carbocycles.